The highest BCUT2D eigenvalue weighted by molar-refractivity contribution is 5.20. The summed E-state index contributed by atoms with van der Waals surface area (Å²) in [4.78, 5) is 0. The van der Waals surface area contributed by atoms with Gasteiger partial charge >= 0.3 is 0 Å². The number of hydrogen-bond donors (Lipinski definition) is 1. The minimum atomic E-state index is 0.336. The van der Waals surface area contributed by atoms with Gasteiger partial charge in [-0.15, -0.1) is 0 Å². The van der Waals surface area contributed by atoms with Crippen molar-refractivity contribution in [2.45, 2.75) is 19.4 Å². The summed E-state index contributed by atoms with van der Waals surface area (Å²) in [7, 11) is 0. The van der Waals surface area contributed by atoms with Crippen molar-refractivity contribution in [3.63, 3.8) is 0 Å². The smallest absolute Gasteiger partial charge is 0.119 e. The van der Waals surface area contributed by atoms with Gasteiger partial charge in [-0.1, -0.05) is 25.1 Å². The second-order valence-corrected chi connectivity index (χ2v) is 4.54. The van der Waals surface area contributed by atoms with Crippen molar-refractivity contribution < 1.29 is 9.47 Å². The molecule has 1 aromatic rings. The van der Waals surface area contributed by atoms with E-state index in [0.29, 0.717) is 25.2 Å². The molecule has 1 aliphatic heterocycles. The fourth-order valence-corrected chi connectivity index (χ4v) is 2.06. The zero-order chi connectivity index (χ0) is 11.9. The molecule has 0 aliphatic carbocycles. The van der Waals surface area contributed by atoms with E-state index in [9.17, 15) is 0 Å². The van der Waals surface area contributed by atoms with Crippen molar-refractivity contribution in [2.75, 3.05) is 26.3 Å². The summed E-state index contributed by atoms with van der Waals surface area (Å²) in [5.41, 5.74) is 0. The predicted octanol–water partition coefficient (Wildman–Crippen LogP) is 2.08. The molecule has 3 nitrogen and oxygen atoms in total. The number of ether oxygens (including phenoxy) is 2. The highest BCUT2D eigenvalue weighted by Crippen LogP contribution is 2.14. The van der Waals surface area contributed by atoms with Crippen LogP contribution in [0.2, 0.25) is 0 Å². The maximum atomic E-state index is 5.83. The van der Waals surface area contributed by atoms with Gasteiger partial charge in [0.1, 0.15) is 12.4 Å². The maximum Gasteiger partial charge on any atom is 0.119 e. The first-order chi connectivity index (χ1) is 8.36. The third-order valence-corrected chi connectivity index (χ3v) is 3.18. The Morgan fingerprint density at radius 2 is 2.06 bits per heavy atom. The lowest BCUT2D eigenvalue weighted by Gasteiger charge is -2.29. The molecule has 0 aromatic heterocycles. The molecule has 0 spiro atoms. The van der Waals surface area contributed by atoms with Crippen LogP contribution in [-0.2, 0) is 4.74 Å². The molecule has 94 valence electrons. The van der Waals surface area contributed by atoms with E-state index in [1.54, 1.807) is 0 Å². The van der Waals surface area contributed by atoms with Crippen LogP contribution in [0.1, 0.15) is 13.3 Å². The number of benzene rings is 1. The van der Waals surface area contributed by atoms with Gasteiger partial charge in [0.15, 0.2) is 0 Å². The molecule has 1 saturated heterocycles. The Morgan fingerprint density at radius 1 is 1.24 bits per heavy atom. The monoisotopic (exact) mass is 235 g/mol. The van der Waals surface area contributed by atoms with E-state index < -0.39 is 0 Å². The van der Waals surface area contributed by atoms with Crippen molar-refractivity contribution in [3.8, 4) is 5.75 Å². The fourth-order valence-electron chi connectivity index (χ4n) is 2.06. The summed E-state index contributed by atoms with van der Waals surface area (Å²) >= 11 is 0. The summed E-state index contributed by atoms with van der Waals surface area (Å²) in [6.45, 7) is 5.61. The minimum Gasteiger partial charge on any atom is -0.491 e. The Hall–Kier alpha value is -1.06. The van der Waals surface area contributed by atoms with E-state index in [2.05, 4.69) is 12.2 Å². The summed E-state index contributed by atoms with van der Waals surface area (Å²) in [5.74, 6) is 1.55. The topological polar surface area (TPSA) is 30.5 Å². The quantitative estimate of drug-likeness (QED) is 0.793. The average molecular weight is 235 g/mol. The molecular weight excluding hydrogens is 214 g/mol. The van der Waals surface area contributed by atoms with Crippen LogP contribution in [-0.4, -0.2) is 32.4 Å². The number of hydrogen-bond acceptors (Lipinski definition) is 3. The van der Waals surface area contributed by atoms with Crippen molar-refractivity contribution in [2.24, 2.45) is 5.92 Å². The van der Waals surface area contributed by atoms with Gasteiger partial charge in [-0.05, 0) is 31.0 Å². The van der Waals surface area contributed by atoms with Crippen LogP contribution in [0, 0.1) is 5.92 Å². The zero-order valence-corrected chi connectivity index (χ0v) is 10.4. The predicted molar refractivity (Wildman–Crippen MR) is 68.3 cm³/mol. The van der Waals surface area contributed by atoms with Crippen LogP contribution in [0.4, 0.5) is 0 Å². The molecule has 0 saturated carbocycles. The van der Waals surface area contributed by atoms with E-state index in [1.165, 1.54) is 6.42 Å². The summed E-state index contributed by atoms with van der Waals surface area (Å²) in [5, 5.41) is 3.36. The molecule has 1 fully saturated rings. The van der Waals surface area contributed by atoms with Crippen molar-refractivity contribution in [1.29, 1.82) is 0 Å². The molecule has 0 amide bonds. The van der Waals surface area contributed by atoms with Gasteiger partial charge in [0.2, 0.25) is 0 Å². The van der Waals surface area contributed by atoms with Gasteiger partial charge in [0.25, 0.3) is 0 Å². The number of para-hydroxylation sites is 1. The van der Waals surface area contributed by atoms with Crippen LogP contribution >= 0.6 is 0 Å². The number of nitrogens with one attached hydrogen (secondary N) is 1. The number of piperidine rings is 1. The van der Waals surface area contributed by atoms with Gasteiger partial charge in [-0.25, -0.2) is 0 Å². The lowest BCUT2D eigenvalue weighted by Crippen LogP contribution is -2.41. The first-order valence-electron chi connectivity index (χ1n) is 6.36. The minimum absolute atomic E-state index is 0.336. The van der Waals surface area contributed by atoms with Crippen molar-refractivity contribution in [1.82, 2.24) is 5.32 Å². The van der Waals surface area contributed by atoms with Crippen LogP contribution < -0.4 is 10.1 Å². The molecule has 1 aliphatic rings. The molecule has 2 atom stereocenters. The van der Waals surface area contributed by atoms with Gasteiger partial charge in [0.05, 0.1) is 12.7 Å². The molecule has 1 aromatic carbocycles. The Kier molecular flexibility index (Phi) is 4.83. The van der Waals surface area contributed by atoms with E-state index >= 15 is 0 Å². The zero-order valence-electron chi connectivity index (χ0n) is 10.4. The first kappa shape index (κ1) is 12.4. The molecule has 3 heteroatoms. The molecule has 0 bridgehead atoms. The van der Waals surface area contributed by atoms with E-state index in [-0.39, 0.29) is 0 Å². The third-order valence-electron chi connectivity index (χ3n) is 3.18. The Morgan fingerprint density at radius 3 is 2.82 bits per heavy atom. The van der Waals surface area contributed by atoms with E-state index in [1.807, 2.05) is 30.3 Å². The SMILES string of the molecule is CC1CCNCC1OCCOc1ccccc1. The Labute approximate surface area is 103 Å². The molecule has 17 heavy (non-hydrogen) atoms. The van der Waals surface area contributed by atoms with Crippen LogP contribution in [0.15, 0.2) is 30.3 Å². The van der Waals surface area contributed by atoms with Gasteiger partial charge in [-0.2, -0.15) is 0 Å². The highest BCUT2D eigenvalue weighted by Gasteiger charge is 2.21. The second-order valence-electron chi connectivity index (χ2n) is 4.54. The lowest BCUT2D eigenvalue weighted by atomic mass is 9.97. The van der Waals surface area contributed by atoms with Gasteiger partial charge in [-0.3, -0.25) is 0 Å². The Balaban J connectivity index is 1.63. The fraction of sp³-hybridized carbons (Fsp3) is 0.571. The normalized spacial score (nSPS) is 24.5. The standard InChI is InChI=1S/C14H21NO2/c1-12-7-8-15-11-14(12)17-10-9-16-13-5-3-2-4-6-13/h2-6,12,14-15H,7-11H2,1H3. The Bertz CT molecular complexity index is 315. The molecule has 0 radical (unpaired) electrons. The van der Waals surface area contributed by atoms with Crippen LogP contribution in [0.5, 0.6) is 5.75 Å². The highest BCUT2D eigenvalue weighted by atomic mass is 16.5. The second kappa shape index (κ2) is 6.62. The molecular formula is C14H21NO2. The van der Waals surface area contributed by atoms with Gasteiger partial charge in [0, 0.05) is 6.54 Å². The summed E-state index contributed by atoms with van der Waals surface area (Å²) in [6, 6.07) is 9.86. The maximum absolute atomic E-state index is 5.83. The largest absolute Gasteiger partial charge is 0.491 e. The van der Waals surface area contributed by atoms with Crippen molar-refractivity contribution in [3.05, 3.63) is 30.3 Å². The molecule has 1 N–H and O–H groups in total. The molecule has 2 rings (SSSR count). The van der Waals surface area contributed by atoms with Crippen LogP contribution in [0.3, 0.4) is 0 Å². The first-order valence-corrected chi connectivity index (χ1v) is 6.36. The summed E-state index contributed by atoms with van der Waals surface area (Å²) < 4.78 is 11.4. The van der Waals surface area contributed by atoms with Crippen LogP contribution in [0.25, 0.3) is 0 Å². The van der Waals surface area contributed by atoms with E-state index in [4.69, 9.17) is 9.47 Å². The van der Waals surface area contributed by atoms with E-state index in [0.717, 1.165) is 18.8 Å². The number of rotatable bonds is 5. The lowest BCUT2D eigenvalue weighted by molar-refractivity contribution is -0.00835. The summed E-state index contributed by atoms with van der Waals surface area (Å²) in [6.07, 6.45) is 1.53. The molecule has 2 unspecified atom stereocenters. The molecule has 1 heterocycles. The van der Waals surface area contributed by atoms with Gasteiger partial charge < -0.3 is 14.8 Å². The third kappa shape index (κ3) is 4.02. The van der Waals surface area contributed by atoms with Crippen molar-refractivity contribution >= 4 is 0 Å². The average Bonchev–Trinajstić information content (AvgIpc) is 2.38.